The van der Waals surface area contributed by atoms with E-state index in [1.807, 2.05) is 0 Å². The lowest BCUT2D eigenvalue weighted by Crippen LogP contribution is -2.36. The number of ether oxygens (including phenoxy) is 2. The second-order valence-electron chi connectivity index (χ2n) is 6.37. The number of anilines is 1. The first-order chi connectivity index (χ1) is 12.1. The van der Waals surface area contributed by atoms with Crippen LogP contribution in [0, 0.1) is 0 Å². The minimum Gasteiger partial charge on any atom is -0.497 e. The molecule has 1 aromatic rings. The van der Waals surface area contributed by atoms with Crippen molar-refractivity contribution in [3.05, 3.63) is 18.2 Å². The van der Waals surface area contributed by atoms with E-state index in [0.717, 1.165) is 12.8 Å². The van der Waals surface area contributed by atoms with Crippen LogP contribution in [0.3, 0.4) is 0 Å². The van der Waals surface area contributed by atoms with Crippen molar-refractivity contribution in [2.45, 2.75) is 57.4 Å². The molecule has 0 bridgehead atoms. The summed E-state index contributed by atoms with van der Waals surface area (Å²) in [4.78, 5) is 24.1. The number of carbonyl (C=O) groups is 2. The molecule has 0 unspecified atom stereocenters. The Morgan fingerprint density at radius 2 is 1.76 bits per heavy atom. The lowest BCUT2D eigenvalue weighted by Gasteiger charge is -2.22. The van der Waals surface area contributed by atoms with E-state index in [9.17, 15) is 9.59 Å². The van der Waals surface area contributed by atoms with Gasteiger partial charge in [-0.05, 0) is 31.4 Å². The van der Waals surface area contributed by atoms with Gasteiger partial charge in [0.15, 0.2) is 0 Å². The smallest absolute Gasteiger partial charge is 0.224 e. The summed E-state index contributed by atoms with van der Waals surface area (Å²) >= 11 is 0. The molecule has 2 rings (SSSR count). The van der Waals surface area contributed by atoms with Gasteiger partial charge in [0.25, 0.3) is 0 Å². The van der Waals surface area contributed by atoms with Crippen molar-refractivity contribution in [2.75, 3.05) is 19.5 Å². The summed E-state index contributed by atoms with van der Waals surface area (Å²) in [5, 5.41) is 5.88. The van der Waals surface area contributed by atoms with Gasteiger partial charge in [0.2, 0.25) is 11.8 Å². The van der Waals surface area contributed by atoms with Crippen LogP contribution in [0.2, 0.25) is 0 Å². The van der Waals surface area contributed by atoms with Crippen molar-refractivity contribution in [3.63, 3.8) is 0 Å². The van der Waals surface area contributed by atoms with Crippen molar-refractivity contribution >= 4 is 17.5 Å². The van der Waals surface area contributed by atoms with Crippen LogP contribution in [-0.2, 0) is 9.59 Å². The monoisotopic (exact) mass is 348 g/mol. The van der Waals surface area contributed by atoms with Crippen molar-refractivity contribution in [1.82, 2.24) is 5.32 Å². The third kappa shape index (κ3) is 6.29. The Balaban J connectivity index is 1.74. The van der Waals surface area contributed by atoms with E-state index in [1.165, 1.54) is 19.3 Å². The van der Waals surface area contributed by atoms with Gasteiger partial charge in [0.05, 0.1) is 19.9 Å². The molecule has 1 aromatic carbocycles. The molecule has 1 aliphatic rings. The number of hydrogen-bond donors (Lipinski definition) is 2. The molecule has 1 saturated carbocycles. The summed E-state index contributed by atoms with van der Waals surface area (Å²) in [5.74, 6) is 1.11. The molecule has 1 aliphatic carbocycles. The topological polar surface area (TPSA) is 76.7 Å². The largest absolute Gasteiger partial charge is 0.497 e. The minimum atomic E-state index is -0.142. The molecule has 0 spiro atoms. The molecule has 2 amide bonds. The van der Waals surface area contributed by atoms with Gasteiger partial charge >= 0.3 is 0 Å². The SMILES string of the molecule is COc1ccc(OC)c(NC(=O)CCCC(=O)NC2CCCCC2)c1. The van der Waals surface area contributed by atoms with Crippen molar-refractivity contribution < 1.29 is 19.1 Å². The molecule has 1 fully saturated rings. The fourth-order valence-electron chi connectivity index (χ4n) is 3.08. The van der Waals surface area contributed by atoms with Crippen LogP contribution in [0.25, 0.3) is 0 Å². The van der Waals surface area contributed by atoms with E-state index in [0.29, 0.717) is 42.5 Å². The number of hydrogen-bond acceptors (Lipinski definition) is 4. The van der Waals surface area contributed by atoms with Crippen LogP contribution in [0.4, 0.5) is 5.69 Å². The summed E-state index contributed by atoms with van der Waals surface area (Å²) in [5.41, 5.74) is 0.568. The number of methoxy groups -OCH3 is 2. The van der Waals surface area contributed by atoms with Crippen LogP contribution in [0.5, 0.6) is 11.5 Å². The van der Waals surface area contributed by atoms with Gasteiger partial charge in [0, 0.05) is 24.9 Å². The molecular weight excluding hydrogens is 320 g/mol. The summed E-state index contributed by atoms with van der Waals surface area (Å²) in [6.45, 7) is 0. The Morgan fingerprint density at radius 1 is 1.04 bits per heavy atom. The van der Waals surface area contributed by atoms with Crippen molar-refractivity contribution in [2.24, 2.45) is 0 Å². The predicted molar refractivity (Wildman–Crippen MR) is 97.0 cm³/mol. The predicted octanol–water partition coefficient (Wildman–Crippen LogP) is 3.26. The lowest BCUT2D eigenvalue weighted by atomic mass is 9.95. The number of amides is 2. The highest BCUT2D eigenvalue weighted by molar-refractivity contribution is 5.92. The third-order valence-corrected chi connectivity index (χ3v) is 4.46. The Bertz CT molecular complexity index is 583. The fourth-order valence-corrected chi connectivity index (χ4v) is 3.08. The van der Waals surface area contributed by atoms with Gasteiger partial charge in [-0.1, -0.05) is 19.3 Å². The van der Waals surface area contributed by atoms with Gasteiger partial charge in [-0.15, -0.1) is 0 Å². The molecule has 2 N–H and O–H groups in total. The molecular formula is C19H28N2O4. The molecule has 0 saturated heterocycles. The zero-order valence-corrected chi connectivity index (χ0v) is 15.1. The molecule has 6 heteroatoms. The van der Waals surface area contributed by atoms with Crippen LogP contribution in [-0.4, -0.2) is 32.1 Å². The van der Waals surface area contributed by atoms with E-state index >= 15 is 0 Å². The van der Waals surface area contributed by atoms with Crippen LogP contribution < -0.4 is 20.1 Å². The molecule has 0 radical (unpaired) electrons. The van der Waals surface area contributed by atoms with Crippen LogP contribution in [0.15, 0.2) is 18.2 Å². The first-order valence-corrected chi connectivity index (χ1v) is 8.93. The molecule has 0 heterocycles. The third-order valence-electron chi connectivity index (χ3n) is 4.46. The Kier molecular flexibility index (Phi) is 7.57. The van der Waals surface area contributed by atoms with Gasteiger partial charge < -0.3 is 20.1 Å². The van der Waals surface area contributed by atoms with E-state index in [4.69, 9.17) is 9.47 Å². The normalized spacial score (nSPS) is 14.6. The highest BCUT2D eigenvalue weighted by Gasteiger charge is 2.16. The standard InChI is InChI=1S/C19H28N2O4/c1-24-15-11-12-17(25-2)16(13-15)21-19(23)10-6-9-18(22)20-14-7-4-3-5-8-14/h11-14H,3-10H2,1-2H3,(H,20,22)(H,21,23). The maximum Gasteiger partial charge on any atom is 0.224 e. The van der Waals surface area contributed by atoms with Gasteiger partial charge in [-0.2, -0.15) is 0 Å². The minimum absolute atomic E-state index is 0.0404. The maximum absolute atomic E-state index is 12.1. The summed E-state index contributed by atoms with van der Waals surface area (Å²) in [7, 11) is 3.12. The average Bonchev–Trinajstić information content (AvgIpc) is 2.62. The van der Waals surface area contributed by atoms with E-state index in [2.05, 4.69) is 10.6 Å². The molecule has 25 heavy (non-hydrogen) atoms. The molecule has 0 atom stereocenters. The maximum atomic E-state index is 12.1. The fraction of sp³-hybridized carbons (Fsp3) is 0.579. The molecule has 0 aliphatic heterocycles. The second kappa shape index (κ2) is 9.91. The Morgan fingerprint density at radius 3 is 2.44 bits per heavy atom. The Labute approximate surface area is 149 Å². The molecule has 0 aromatic heterocycles. The Hall–Kier alpha value is -2.24. The van der Waals surface area contributed by atoms with E-state index in [1.54, 1.807) is 32.4 Å². The van der Waals surface area contributed by atoms with Gasteiger partial charge in [-0.3, -0.25) is 9.59 Å². The van der Waals surface area contributed by atoms with Crippen LogP contribution >= 0.6 is 0 Å². The number of rotatable bonds is 8. The summed E-state index contributed by atoms with van der Waals surface area (Å²) < 4.78 is 10.4. The van der Waals surface area contributed by atoms with Crippen molar-refractivity contribution in [3.8, 4) is 11.5 Å². The van der Waals surface area contributed by atoms with E-state index in [-0.39, 0.29) is 11.8 Å². The van der Waals surface area contributed by atoms with E-state index < -0.39 is 0 Å². The number of benzene rings is 1. The zero-order chi connectivity index (χ0) is 18.1. The van der Waals surface area contributed by atoms with Crippen molar-refractivity contribution in [1.29, 1.82) is 0 Å². The zero-order valence-electron chi connectivity index (χ0n) is 15.1. The quantitative estimate of drug-likeness (QED) is 0.756. The first kappa shape index (κ1) is 19.1. The van der Waals surface area contributed by atoms with Gasteiger partial charge in [0.1, 0.15) is 11.5 Å². The second-order valence-corrected chi connectivity index (χ2v) is 6.37. The number of nitrogens with one attached hydrogen (secondary N) is 2. The van der Waals surface area contributed by atoms with Gasteiger partial charge in [-0.25, -0.2) is 0 Å². The first-order valence-electron chi connectivity index (χ1n) is 8.93. The lowest BCUT2D eigenvalue weighted by molar-refractivity contribution is -0.122. The highest BCUT2D eigenvalue weighted by Crippen LogP contribution is 2.29. The highest BCUT2D eigenvalue weighted by atomic mass is 16.5. The molecule has 138 valence electrons. The average molecular weight is 348 g/mol. The summed E-state index contributed by atoms with van der Waals surface area (Å²) in [6.07, 6.45) is 6.98. The summed E-state index contributed by atoms with van der Waals surface area (Å²) in [6, 6.07) is 5.54. The molecule has 6 nitrogen and oxygen atoms in total. The number of carbonyl (C=O) groups excluding carboxylic acids is 2. The van der Waals surface area contributed by atoms with Crippen LogP contribution in [0.1, 0.15) is 51.4 Å².